The van der Waals surface area contributed by atoms with E-state index in [0.717, 1.165) is 50.9 Å². The number of anilines is 2. The molecule has 1 N–H and O–H groups in total. The van der Waals surface area contributed by atoms with Crippen molar-refractivity contribution in [3.8, 4) is 22.5 Å². The molecule has 6 heteroatoms. The zero-order valence-electron chi connectivity index (χ0n) is 20.2. The van der Waals surface area contributed by atoms with Crippen LogP contribution in [0.4, 0.5) is 10.7 Å². The Kier molecular flexibility index (Phi) is 5.41. The molecule has 36 heavy (non-hydrogen) atoms. The van der Waals surface area contributed by atoms with Crippen molar-refractivity contribution < 1.29 is 14.4 Å². The molecule has 0 saturated heterocycles. The topological polar surface area (TPSA) is 66.6 Å². The Morgan fingerprint density at radius 3 is 2.25 bits per heavy atom. The van der Waals surface area contributed by atoms with Crippen molar-refractivity contribution in [2.24, 2.45) is 0 Å². The van der Waals surface area contributed by atoms with Crippen LogP contribution in [0.3, 0.4) is 0 Å². The number of carboxylic acid groups (broad SMARTS) is 1. The van der Waals surface area contributed by atoms with Crippen molar-refractivity contribution in [3.63, 3.8) is 0 Å². The zero-order chi connectivity index (χ0) is 24.9. The molecule has 3 aromatic carbocycles. The number of rotatable bonds is 7. The number of aryl methyl sites for hydroxylation is 1. The largest absolute Gasteiger partial charge is 0.481 e. The number of fused-ring (bicyclic) bond motifs is 1. The van der Waals surface area contributed by atoms with E-state index in [4.69, 9.17) is 4.52 Å². The predicted molar refractivity (Wildman–Crippen MR) is 145 cm³/mol. The van der Waals surface area contributed by atoms with Crippen molar-refractivity contribution in [3.05, 3.63) is 90.1 Å². The third kappa shape index (κ3) is 3.69. The molecular weight excluding hydrogens is 468 g/mol. The summed E-state index contributed by atoms with van der Waals surface area (Å²) < 4.78 is 7.10. The summed E-state index contributed by atoms with van der Waals surface area (Å²) in [5.74, 6) is 0.0281. The molecule has 0 spiro atoms. The first kappa shape index (κ1) is 22.6. The second kappa shape index (κ2) is 8.64. The molecule has 6 rings (SSSR count). The summed E-state index contributed by atoms with van der Waals surface area (Å²) in [5.41, 5.74) is 5.15. The van der Waals surface area contributed by atoms with E-state index in [1.54, 1.807) is 11.3 Å². The monoisotopic (exact) mass is 494 g/mol. The molecule has 0 atom stereocenters. The summed E-state index contributed by atoms with van der Waals surface area (Å²) in [6.07, 6.45) is 1.43. The fraction of sp³-hybridized carbons (Fsp3) is 0.200. The Morgan fingerprint density at radius 2 is 1.64 bits per heavy atom. The SMILES string of the molecule is CCN(c1cc2ccccc2s1)c1c(C)noc1-c1ccc(-c2ccc(C3(C(=O)O)CC3)cc2)cc1. The Bertz CT molecular complexity index is 1530. The van der Waals surface area contributed by atoms with Gasteiger partial charge < -0.3 is 14.5 Å². The van der Waals surface area contributed by atoms with Gasteiger partial charge >= 0.3 is 5.97 Å². The number of carboxylic acids is 1. The van der Waals surface area contributed by atoms with E-state index in [-0.39, 0.29) is 0 Å². The average molecular weight is 495 g/mol. The lowest BCUT2D eigenvalue weighted by atomic mass is 9.93. The van der Waals surface area contributed by atoms with E-state index >= 15 is 0 Å². The van der Waals surface area contributed by atoms with Gasteiger partial charge in [-0.1, -0.05) is 71.9 Å². The third-order valence-corrected chi connectivity index (χ3v) is 8.31. The van der Waals surface area contributed by atoms with Crippen LogP contribution in [0.15, 0.2) is 83.4 Å². The lowest BCUT2D eigenvalue weighted by molar-refractivity contribution is -0.140. The summed E-state index contributed by atoms with van der Waals surface area (Å²) in [4.78, 5) is 13.9. The van der Waals surface area contributed by atoms with Crippen LogP contribution in [0.5, 0.6) is 0 Å². The molecular formula is C30H26N2O3S. The fourth-order valence-electron chi connectivity index (χ4n) is 4.94. The minimum absolute atomic E-state index is 0.678. The van der Waals surface area contributed by atoms with Gasteiger partial charge in [-0.15, -0.1) is 11.3 Å². The first-order chi connectivity index (χ1) is 17.5. The number of aromatic nitrogens is 1. The fourth-order valence-corrected chi connectivity index (χ4v) is 6.08. The van der Waals surface area contributed by atoms with Crippen LogP contribution < -0.4 is 4.90 Å². The molecule has 2 heterocycles. The van der Waals surface area contributed by atoms with E-state index in [9.17, 15) is 9.90 Å². The van der Waals surface area contributed by atoms with Crippen LogP contribution in [0.25, 0.3) is 32.5 Å². The lowest BCUT2D eigenvalue weighted by Crippen LogP contribution is -2.19. The molecule has 1 aliphatic rings. The van der Waals surface area contributed by atoms with E-state index in [0.29, 0.717) is 12.8 Å². The van der Waals surface area contributed by atoms with Gasteiger partial charge in [0.1, 0.15) is 11.4 Å². The Labute approximate surface area is 213 Å². The minimum Gasteiger partial charge on any atom is -0.481 e. The highest BCUT2D eigenvalue weighted by Gasteiger charge is 2.51. The Morgan fingerprint density at radius 1 is 1.00 bits per heavy atom. The molecule has 2 aromatic heterocycles. The molecule has 0 bridgehead atoms. The van der Waals surface area contributed by atoms with E-state index < -0.39 is 11.4 Å². The first-order valence-corrected chi connectivity index (χ1v) is 13.0. The van der Waals surface area contributed by atoms with E-state index in [1.165, 1.54) is 10.1 Å². The van der Waals surface area contributed by atoms with Crippen LogP contribution in [0.1, 0.15) is 31.0 Å². The highest BCUT2D eigenvalue weighted by molar-refractivity contribution is 7.22. The van der Waals surface area contributed by atoms with Gasteiger partial charge in [0.25, 0.3) is 0 Å². The maximum Gasteiger partial charge on any atom is 0.314 e. The predicted octanol–water partition coefficient (Wildman–Crippen LogP) is 7.81. The van der Waals surface area contributed by atoms with Crippen molar-refractivity contribution >= 4 is 38.1 Å². The van der Waals surface area contributed by atoms with Crippen molar-refractivity contribution in [1.29, 1.82) is 0 Å². The van der Waals surface area contributed by atoms with Crippen molar-refractivity contribution in [2.45, 2.75) is 32.1 Å². The first-order valence-electron chi connectivity index (χ1n) is 12.2. The normalized spacial score (nSPS) is 14.2. The maximum atomic E-state index is 11.6. The summed E-state index contributed by atoms with van der Waals surface area (Å²) in [7, 11) is 0. The third-order valence-electron chi connectivity index (χ3n) is 7.17. The molecule has 5 aromatic rings. The van der Waals surface area contributed by atoms with Gasteiger partial charge in [0, 0.05) is 16.8 Å². The number of hydrogen-bond acceptors (Lipinski definition) is 5. The van der Waals surface area contributed by atoms with Gasteiger partial charge in [0.15, 0.2) is 5.76 Å². The molecule has 180 valence electrons. The highest BCUT2D eigenvalue weighted by Crippen LogP contribution is 2.48. The van der Waals surface area contributed by atoms with Crippen LogP contribution in [0.2, 0.25) is 0 Å². The van der Waals surface area contributed by atoms with Gasteiger partial charge in [-0.05, 0) is 60.9 Å². The van der Waals surface area contributed by atoms with Crippen LogP contribution >= 0.6 is 11.3 Å². The van der Waals surface area contributed by atoms with Gasteiger partial charge in [0.05, 0.1) is 10.4 Å². The number of nitrogens with zero attached hydrogens (tertiary/aromatic N) is 2. The van der Waals surface area contributed by atoms with Gasteiger partial charge in [0.2, 0.25) is 0 Å². The minimum atomic E-state index is -0.727. The summed E-state index contributed by atoms with van der Waals surface area (Å²) in [5, 5.41) is 16.3. The molecule has 0 amide bonds. The van der Waals surface area contributed by atoms with E-state index in [2.05, 4.69) is 71.6 Å². The van der Waals surface area contributed by atoms with Crippen LogP contribution in [0, 0.1) is 6.92 Å². The molecule has 1 fully saturated rings. The summed E-state index contributed by atoms with van der Waals surface area (Å²) in [6, 6.07) is 26.8. The number of thiophene rings is 1. The standard InChI is InChI=1S/C30H26N2O3S/c1-3-32(26-18-23-6-4-5-7-25(23)36-26)27-19(2)31-35-28(27)22-10-8-20(9-11-22)21-12-14-24(15-13-21)30(16-17-30)29(33)34/h4-15,18H,3,16-17H2,1-2H3,(H,33,34). The zero-order valence-corrected chi connectivity index (χ0v) is 21.0. The van der Waals surface area contributed by atoms with Crippen LogP contribution in [-0.2, 0) is 10.2 Å². The van der Waals surface area contributed by atoms with E-state index in [1.807, 2.05) is 31.2 Å². The van der Waals surface area contributed by atoms with Gasteiger partial charge in [-0.25, -0.2) is 0 Å². The quantitative estimate of drug-likeness (QED) is 0.250. The number of hydrogen-bond donors (Lipinski definition) is 1. The summed E-state index contributed by atoms with van der Waals surface area (Å²) >= 11 is 1.77. The van der Waals surface area contributed by atoms with Crippen molar-refractivity contribution in [1.82, 2.24) is 5.16 Å². The number of aliphatic carboxylic acids is 1. The molecule has 1 saturated carbocycles. The molecule has 0 aliphatic heterocycles. The number of benzene rings is 3. The smallest absolute Gasteiger partial charge is 0.314 e. The maximum absolute atomic E-state index is 11.6. The average Bonchev–Trinajstić information content (AvgIpc) is 3.49. The number of carbonyl (C=O) groups is 1. The van der Waals surface area contributed by atoms with Gasteiger partial charge in [-0.2, -0.15) is 0 Å². The highest BCUT2D eigenvalue weighted by atomic mass is 32.1. The molecule has 0 radical (unpaired) electrons. The Balaban J connectivity index is 1.31. The van der Waals surface area contributed by atoms with Crippen LogP contribution in [-0.4, -0.2) is 22.8 Å². The van der Waals surface area contributed by atoms with Gasteiger partial charge in [-0.3, -0.25) is 4.79 Å². The molecule has 0 unspecified atom stereocenters. The second-order valence-electron chi connectivity index (χ2n) is 9.35. The van der Waals surface area contributed by atoms with Crippen molar-refractivity contribution in [2.75, 3.05) is 11.4 Å². The lowest BCUT2D eigenvalue weighted by Gasteiger charge is -2.21. The Hall–Kier alpha value is -3.90. The molecule has 5 nitrogen and oxygen atoms in total. The molecule has 1 aliphatic carbocycles. The second-order valence-corrected chi connectivity index (χ2v) is 10.4. The summed E-state index contributed by atoms with van der Waals surface area (Å²) in [6.45, 7) is 4.92.